The molecule has 0 bridgehead atoms. The molecule has 0 amide bonds. The summed E-state index contributed by atoms with van der Waals surface area (Å²) in [4.78, 5) is 0. The number of nitrogens with zero attached hydrogens (tertiary/aromatic N) is 1. The van der Waals surface area contributed by atoms with Crippen molar-refractivity contribution in [1.29, 1.82) is 0 Å². The van der Waals surface area contributed by atoms with Crippen LogP contribution in [0.5, 0.6) is 0 Å². The first-order chi connectivity index (χ1) is 5.36. The molecule has 1 N–H and O–H groups in total. The molecule has 0 saturated carbocycles. The van der Waals surface area contributed by atoms with Gasteiger partial charge in [0, 0.05) is 12.1 Å². The molecule has 0 aliphatic carbocycles. The van der Waals surface area contributed by atoms with Crippen LogP contribution in [-0.2, 0) is 0 Å². The van der Waals surface area contributed by atoms with Gasteiger partial charge in [0.1, 0.15) is 11.8 Å². The lowest BCUT2D eigenvalue weighted by Crippen LogP contribution is -2.08. The van der Waals surface area contributed by atoms with Gasteiger partial charge in [-0.15, -0.1) is 0 Å². The Hall–Kier alpha value is -1.25. The smallest absolute Gasteiger partial charge is 0.128 e. The number of hydrogen-bond donors (Lipinski definition) is 1. The van der Waals surface area contributed by atoms with E-state index < -0.39 is 0 Å². The molecule has 1 unspecified atom stereocenters. The lowest BCUT2D eigenvalue weighted by atomic mass is 10.1. The van der Waals surface area contributed by atoms with E-state index >= 15 is 0 Å². The molecule has 1 aliphatic heterocycles. The fourth-order valence-corrected chi connectivity index (χ4v) is 1.23. The van der Waals surface area contributed by atoms with Crippen molar-refractivity contribution in [2.45, 2.75) is 19.4 Å². The Morgan fingerprint density at radius 1 is 1.73 bits per heavy atom. The maximum absolute atomic E-state index is 5.23. The quantitative estimate of drug-likeness (QED) is 0.661. The second-order valence-electron chi connectivity index (χ2n) is 2.75. The van der Waals surface area contributed by atoms with Gasteiger partial charge < -0.3 is 4.42 Å². The molecular weight excluding hydrogens is 140 g/mol. The second-order valence-corrected chi connectivity index (χ2v) is 2.75. The van der Waals surface area contributed by atoms with Gasteiger partial charge in [0.05, 0.1) is 6.26 Å². The van der Waals surface area contributed by atoms with Crippen LogP contribution in [0.3, 0.4) is 0 Å². The van der Waals surface area contributed by atoms with Gasteiger partial charge in [0.25, 0.3) is 0 Å². The van der Waals surface area contributed by atoms with Crippen molar-refractivity contribution >= 4 is 5.71 Å². The van der Waals surface area contributed by atoms with E-state index in [4.69, 9.17) is 4.42 Å². The molecular formula is C8H10N2O. The van der Waals surface area contributed by atoms with Crippen molar-refractivity contribution in [3.05, 3.63) is 24.2 Å². The fourth-order valence-electron chi connectivity index (χ4n) is 1.23. The molecule has 0 radical (unpaired) electrons. The molecule has 1 aliphatic rings. The Balaban J connectivity index is 2.11. The summed E-state index contributed by atoms with van der Waals surface area (Å²) in [7, 11) is 0. The first-order valence-electron chi connectivity index (χ1n) is 3.68. The third kappa shape index (κ3) is 1.13. The average Bonchev–Trinajstić information content (AvgIpc) is 2.55. The molecule has 1 aromatic heterocycles. The van der Waals surface area contributed by atoms with Crippen LogP contribution in [0.15, 0.2) is 27.9 Å². The van der Waals surface area contributed by atoms with Gasteiger partial charge in [-0.1, -0.05) is 0 Å². The molecule has 1 atom stereocenters. The predicted octanol–water partition coefficient (Wildman–Crippen LogP) is 1.69. The molecule has 0 spiro atoms. The van der Waals surface area contributed by atoms with Crippen LogP contribution < -0.4 is 5.43 Å². The van der Waals surface area contributed by atoms with Gasteiger partial charge in [0.15, 0.2) is 0 Å². The third-order valence-corrected chi connectivity index (χ3v) is 1.80. The summed E-state index contributed by atoms with van der Waals surface area (Å²) in [5.74, 6) is 0.964. The van der Waals surface area contributed by atoms with Crippen LogP contribution in [-0.4, -0.2) is 5.71 Å². The van der Waals surface area contributed by atoms with Gasteiger partial charge in [-0.05, 0) is 19.1 Å². The van der Waals surface area contributed by atoms with E-state index in [1.807, 2.05) is 19.1 Å². The Labute approximate surface area is 65.1 Å². The highest BCUT2D eigenvalue weighted by molar-refractivity contribution is 5.83. The average molecular weight is 150 g/mol. The highest BCUT2D eigenvalue weighted by atomic mass is 16.3. The van der Waals surface area contributed by atoms with E-state index in [1.165, 1.54) is 0 Å². The molecule has 0 fully saturated rings. The first-order valence-corrected chi connectivity index (χ1v) is 3.68. The lowest BCUT2D eigenvalue weighted by Gasteiger charge is -2.03. The number of hydrogen-bond acceptors (Lipinski definition) is 3. The molecule has 11 heavy (non-hydrogen) atoms. The third-order valence-electron chi connectivity index (χ3n) is 1.80. The molecule has 3 heteroatoms. The molecule has 0 aromatic carbocycles. The van der Waals surface area contributed by atoms with Gasteiger partial charge >= 0.3 is 0 Å². The van der Waals surface area contributed by atoms with Gasteiger partial charge in [-0.2, -0.15) is 5.10 Å². The van der Waals surface area contributed by atoms with E-state index in [1.54, 1.807) is 6.26 Å². The van der Waals surface area contributed by atoms with Gasteiger partial charge in [0.2, 0.25) is 0 Å². The van der Waals surface area contributed by atoms with Crippen LogP contribution in [0.2, 0.25) is 0 Å². The predicted molar refractivity (Wildman–Crippen MR) is 42.3 cm³/mol. The SMILES string of the molecule is CC1=NNC(c2ccco2)C1. The van der Waals surface area contributed by atoms with E-state index in [0.717, 1.165) is 17.9 Å². The fraction of sp³-hybridized carbons (Fsp3) is 0.375. The maximum atomic E-state index is 5.23. The Morgan fingerprint density at radius 3 is 3.18 bits per heavy atom. The summed E-state index contributed by atoms with van der Waals surface area (Å²) < 4.78 is 5.23. The van der Waals surface area contributed by atoms with Crippen molar-refractivity contribution < 1.29 is 4.42 Å². The van der Waals surface area contributed by atoms with E-state index in [-0.39, 0.29) is 6.04 Å². The van der Waals surface area contributed by atoms with Crippen LogP contribution >= 0.6 is 0 Å². The molecule has 3 nitrogen and oxygen atoms in total. The number of rotatable bonds is 1. The molecule has 2 heterocycles. The van der Waals surface area contributed by atoms with Crippen LogP contribution in [0.4, 0.5) is 0 Å². The van der Waals surface area contributed by atoms with E-state index in [2.05, 4.69) is 10.5 Å². The summed E-state index contributed by atoms with van der Waals surface area (Å²) in [5, 5.41) is 4.08. The minimum atomic E-state index is 0.255. The van der Waals surface area contributed by atoms with Crippen LogP contribution in [0.1, 0.15) is 25.1 Å². The van der Waals surface area contributed by atoms with Crippen molar-refractivity contribution in [1.82, 2.24) is 5.43 Å². The van der Waals surface area contributed by atoms with Crippen LogP contribution in [0, 0.1) is 0 Å². The summed E-state index contributed by atoms with van der Waals surface area (Å²) in [5.41, 5.74) is 4.13. The van der Waals surface area contributed by atoms with Crippen molar-refractivity contribution in [3.8, 4) is 0 Å². The zero-order valence-corrected chi connectivity index (χ0v) is 6.37. The van der Waals surface area contributed by atoms with Crippen LogP contribution in [0.25, 0.3) is 0 Å². The van der Waals surface area contributed by atoms with E-state index in [0.29, 0.717) is 0 Å². The number of furan rings is 1. The number of nitrogens with one attached hydrogen (secondary N) is 1. The zero-order chi connectivity index (χ0) is 7.68. The second kappa shape index (κ2) is 2.42. The zero-order valence-electron chi connectivity index (χ0n) is 6.37. The van der Waals surface area contributed by atoms with Gasteiger partial charge in [-0.3, -0.25) is 5.43 Å². The Bertz CT molecular complexity index is 264. The Morgan fingerprint density at radius 2 is 2.64 bits per heavy atom. The van der Waals surface area contributed by atoms with Crippen molar-refractivity contribution in [2.24, 2.45) is 5.10 Å². The van der Waals surface area contributed by atoms with Crippen molar-refractivity contribution in [3.63, 3.8) is 0 Å². The maximum Gasteiger partial charge on any atom is 0.128 e. The van der Waals surface area contributed by atoms with E-state index in [9.17, 15) is 0 Å². The minimum absolute atomic E-state index is 0.255. The first kappa shape index (κ1) is 6.46. The number of hydrazone groups is 1. The standard InChI is InChI=1S/C8H10N2O/c1-6-5-7(10-9-6)8-3-2-4-11-8/h2-4,7,10H,5H2,1H3. The lowest BCUT2D eigenvalue weighted by molar-refractivity contribution is 0.440. The normalized spacial score (nSPS) is 23.0. The molecule has 0 saturated heterocycles. The molecule has 2 rings (SSSR count). The monoisotopic (exact) mass is 150 g/mol. The highest BCUT2D eigenvalue weighted by Gasteiger charge is 2.18. The summed E-state index contributed by atoms with van der Waals surface area (Å²) in [6, 6.07) is 4.11. The topological polar surface area (TPSA) is 37.5 Å². The summed E-state index contributed by atoms with van der Waals surface area (Å²) in [6.07, 6.45) is 2.64. The summed E-state index contributed by atoms with van der Waals surface area (Å²) >= 11 is 0. The largest absolute Gasteiger partial charge is 0.467 e. The minimum Gasteiger partial charge on any atom is -0.467 e. The summed E-state index contributed by atoms with van der Waals surface area (Å²) in [6.45, 7) is 2.01. The Kier molecular flexibility index (Phi) is 1.42. The highest BCUT2D eigenvalue weighted by Crippen LogP contribution is 2.21. The van der Waals surface area contributed by atoms with Crippen molar-refractivity contribution in [2.75, 3.05) is 0 Å². The van der Waals surface area contributed by atoms with Gasteiger partial charge in [-0.25, -0.2) is 0 Å². The molecule has 58 valence electrons. The molecule has 1 aromatic rings.